The summed E-state index contributed by atoms with van der Waals surface area (Å²) in [5.41, 5.74) is -1.28. The van der Waals surface area contributed by atoms with Crippen LogP contribution in [0, 0.1) is 0 Å². The third kappa shape index (κ3) is 16.3. The Morgan fingerprint density at radius 1 is 0.545 bits per heavy atom. The quantitative estimate of drug-likeness (QED) is 0.364. The molecule has 0 saturated carbocycles. The second-order valence-electron chi connectivity index (χ2n) is 8.09. The van der Waals surface area contributed by atoms with Gasteiger partial charge in [-0.15, -0.1) is 0 Å². The monoisotopic (exact) mass is 314 g/mol. The van der Waals surface area contributed by atoms with Gasteiger partial charge in [-0.05, 0) is 40.0 Å². The van der Waals surface area contributed by atoms with E-state index < -0.39 is 11.2 Å². The molecule has 0 aromatic heterocycles. The average Bonchev–Trinajstić information content (AvgIpc) is 2.42. The summed E-state index contributed by atoms with van der Waals surface area (Å²) in [6, 6.07) is 0. The van der Waals surface area contributed by atoms with Crippen molar-refractivity contribution in [3.8, 4) is 0 Å². The SMILES string of the molecule is CCCCCCCCCCCCCC(C)(O)CCC(C)(C)O. The molecule has 0 saturated heterocycles. The summed E-state index contributed by atoms with van der Waals surface area (Å²) in [5.74, 6) is 0. The van der Waals surface area contributed by atoms with Gasteiger partial charge in [-0.1, -0.05) is 77.6 Å². The average molecular weight is 315 g/mol. The highest BCUT2D eigenvalue weighted by Crippen LogP contribution is 2.24. The highest BCUT2D eigenvalue weighted by molar-refractivity contribution is 4.77. The topological polar surface area (TPSA) is 40.5 Å². The second-order valence-corrected chi connectivity index (χ2v) is 8.09. The molecule has 134 valence electrons. The van der Waals surface area contributed by atoms with Gasteiger partial charge in [0, 0.05) is 0 Å². The molecular weight excluding hydrogens is 272 g/mol. The first-order valence-electron chi connectivity index (χ1n) is 9.71. The fourth-order valence-electron chi connectivity index (χ4n) is 2.87. The minimum absolute atomic E-state index is 0.612. The Morgan fingerprint density at radius 2 is 0.955 bits per heavy atom. The molecule has 2 N–H and O–H groups in total. The zero-order chi connectivity index (χ0) is 16.9. The minimum atomic E-state index is -0.666. The van der Waals surface area contributed by atoms with E-state index in [0.717, 1.165) is 12.8 Å². The Bertz CT molecular complexity index is 241. The molecule has 2 heteroatoms. The van der Waals surface area contributed by atoms with Crippen LogP contribution in [0.15, 0.2) is 0 Å². The van der Waals surface area contributed by atoms with E-state index in [1.807, 2.05) is 20.8 Å². The van der Waals surface area contributed by atoms with Crippen LogP contribution < -0.4 is 0 Å². The zero-order valence-corrected chi connectivity index (χ0v) is 15.8. The molecule has 0 spiro atoms. The van der Waals surface area contributed by atoms with Crippen LogP contribution in [0.2, 0.25) is 0 Å². The van der Waals surface area contributed by atoms with Crippen LogP contribution in [-0.4, -0.2) is 21.4 Å². The van der Waals surface area contributed by atoms with Crippen LogP contribution in [-0.2, 0) is 0 Å². The number of aliphatic hydroxyl groups is 2. The van der Waals surface area contributed by atoms with Gasteiger partial charge in [-0.3, -0.25) is 0 Å². The molecule has 0 aliphatic rings. The van der Waals surface area contributed by atoms with Crippen LogP contribution in [0.1, 0.15) is 118 Å². The Balaban J connectivity index is 3.37. The van der Waals surface area contributed by atoms with E-state index in [0.29, 0.717) is 12.8 Å². The molecule has 1 atom stereocenters. The standard InChI is InChI=1S/C20H42O2/c1-5-6-7-8-9-10-11-12-13-14-15-16-20(4,22)18-17-19(2,3)21/h21-22H,5-18H2,1-4H3. The van der Waals surface area contributed by atoms with Crippen LogP contribution in [0.4, 0.5) is 0 Å². The molecule has 0 bridgehead atoms. The molecule has 22 heavy (non-hydrogen) atoms. The lowest BCUT2D eigenvalue weighted by Crippen LogP contribution is -2.29. The lowest BCUT2D eigenvalue weighted by molar-refractivity contribution is -0.000182. The second kappa shape index (κ2) is 12.4. The van der Waals surface area contributed by atoms with Gasteiger partial charge >= 0.3 is 0 Å². The summed E-state index contributed by atoms with van der Waals surface area (Å²) >= 11 is 0. The van der Waals surface area contributed by atoms with E-state index in [9.17, 15) is 10.2 Å². The van der Waals surface area contributed by atoms with E-state index in [-0.39, 0.29) is 0 Å². The molecule has 1 unspecified atom stereocenters. The minimum Gasteiger partial charge on any atom is -0.390 e. The highest BCUT2D eigenvalue weighted by atomic mass is 16.3. The van der Waals surface area contributed by atoms with E-state index in [1.54, 1.807) is 0 Å². The Kier molecular flexibility index (Phi) is 12.3. The lowest BCUT2D eigenvalue weighted by Gasteiger charge is -2.27. The molecule has 0 aromatic carbocycles. The molecule has 0 aromatic rings. The number of hydrogen-bond acceptors (Lipinski definition) is 2. The van der Waals surface area contributed by atoms with Gasteiger partial charge in [0.1, 0.15) is 0 Å². The Morgan fingerprint density at radius 3 is 1.36 bits per heavy atom. The molecule has 0 radical (unpaired) electrons. The van der Waals surface area contributed by atoms with Crippen molar-refractivity contribution in [1.29, 1.82) is 0 Å². The van der Waals surface area contributed by atoms with Crippen molar-refractivity contribution in [1.82, 2.24) is 0 Å². The number of rotatable bonds is 15. The van der Waals surface area contributed by atoms with Crippen LogP contribution in [0.25, 0.3) is 0 Å². The van der Waals surface area contributed by atoms with Crippen molar-refractivity contribution >= 4 is 0 Å². The van der Waals surface area contributed by atoms with Gasteiger partial charge in [-0.25, -0.2) is 0 Å². The zero-order valence-electron chi connectivity index (χ0n) is 15.8. The third-order valence-corrected chi connectivity index (χ3v) is 4.59. The summed E-state index contributed by atoms with van der Waals surface area (Å²) in [5, 5.41) is 20.0. The summed E-state index contributed by atoms with van der Waals surface area (Å²) in [6.07, 6.45) is 16.9. The molecule has 0 heterocycles. The van der Waals surface area contributed by atoms with Crippen molar-refractivity contribution in [3.63, 3.8) is 0 Å². The molecule has 0 aliphatic heterocycles. The molecule has 0 rings (SSSR count). The van der Waals surface area contributed by atoms with Gasteiger partial charge in [0.15, 0.2) is 0 Å². The molecule has 0 aliphatic carbocycles. The molecule has 2 nitrogen and oxygen atoms in total. The van der Waals surface area contributed by atoms with Gasteiger partial charge in [0.05, 0.1) is 11.2 Å². The van der Waals surface area contributed by atoms with E-state index in [2.05, 4.69) is 6.92 Å². The summed E-state index contributed by atoms with van der Waals surface area (Å²) in [6.45, 7) is 7.80. The van der Waals surface area contributed by atoms with Crippen molar-refractivity contribution in [2.45, 2.75) is 129 Å². The molecule has 0 fully saturated rings. The molecular formula is C20H42O2. The molecule has 0 amide bonds. The van der Waals surface area contributed by atoms with Gasteiger partial charge in [-0.2, -0.15) is 0 Å². The normalized spacial score (nSPS) is 15.0. The van der Waals surface area contributed by atoms with Gasteiger partial charge in [0.25, 0.3) is 0 Å². The highest BCUT2D eigenvalue weighted by Gasteiger charge is 2.23. The van der Waals surface area contributed by atoms with Crippen LogP contribution in [0.3, 0.4) is 0 Å². The summed E-state index contributed by atoms with van der Waals surface area (Å²) in [7, 11) is 0. The predicted octanol–water partition coefficient (Wildman–Crippen LogP) is 5.99. The third-order valence-electron chi connectivity index (χ3n) is 4.59. The largest absolute Gasteiger partial charge is 0.390 e. The van der Waals surface area contributed by atoms with Gasteiger partial charge < -0.3 is 10.2 Å². The maximum Gasteiger partial charge on any atom is 0.0620 e. The van der Waals surface area contributed by atoms with E-state index >= 15 is 0 Å². The van der Waals surface area contributed by atoms with E-state index in [4.69, 9.17) is 0 Å². The Labute approximate surface area is 139 Å². The van der Waals surface area contributed by atoms with Crippen LogP contribution >= 0.6 is 0 Å². The van der Waals surface area contributed by atoms with E-state index in [1.165, 1.54) is 64.2 Å². The van der Waals surface area contributed by atoms with Crippen molar-refractivity contribution in [3.05, 3.63) is 0 Å². The van der Waals surface area contributed by atoms with Crippen molar-refractivity contribution < 1.29 is 10.2 Å². The van der Waals surface area contributed by atoms with Crippen molar-refractivity contribution in [2.24, 2.45) is 0 Å². The first-order chi connectivity index (χ1) is 10.3. The Hall–Kier alpha value is -0.0800. The first-order valence-corrected chi connectivity index (χ1v) is 9.71. The number of hydrogen-bond donors (Lipinski definition) is 2. The maximum absolute atomic E-state index is 10.3. The number of unbranched alkanes of at least 4 members (excludes halogenated alkanes) is 10. The van der Waals surface area contributed by atoms with Gasteiger partial charge in [0.2, 0.25) is 0 Å². The van der Waals surface area contributed by atoms with Crippen molar-refractivity contribution in [2.75, 3.05) is 0 Å². The van der Waals surface area contributed by atoms with Crippen LogP contribution in [0.5, 0.6) is 0 Å². The lowest BCUT2D eigenvalue weighted by atomic mass is 9.88. The fourth-order valence-corrected chi connectivity index (χ4v) is 2.87. The maximum atomic E-state index is 10.3. The summed E-state index contributed by atoms with van der Waals surface area (Å²) < 4.78 is 0. The smallest absolute Gasteiger partial charge is 0.0620 e. The summed E-state index contributed by atoms with van der Waals surface area (Å²) in [4.78, 5) is 0. The predicted molar refractivity (Wildman–Crippen MR) is 97.2 cm³/mol. The fraction of sp³-hybridized carbons (Fsp3) is 1.00. The first kappa shape index (κ1) is 21.9.